The number of carboxylic acid groups (broad SMARTS) is 1. The zero-order valence-electron chi connectivity index (χ0n) is 12.2. The van der Waals surface area contributed by atoms with Crippen LogP contribution in [0, 0.1) is 12.6 Å². The molecule has 105 valence electrons. The molecule has 0 saturated heterocycles. The van der Waals surface area contributed by atoms with Gasteiger partial charge in [-0.05, 0) is 0 Å². The van der Waals surface area contributed by atoms with E-state index in [1.165, 1.54) is 6.08 Å². The number of carboxylic acids is 1. The van der Waals surface area contributed by atoms with Crippen molar-refractivity contribution in [2.75, 3.05) is 0 Å². The van der Waals surface area contributed by atoms with E-state index in [1.54, 1.807) is 18.2 Å². The molecule has 0 aliphatic carbocycles. The van der Waals surface area contributed by atoms with Crippen molar-refractivity contribution >= 4 is 12.0 Å². The average molecular weight is 338 g/mol. The second kappa shape index (κ2) is 15.6. The second-order valence-electron chi connectivity index (χ2n) is 2.92. The van der Waals surface area contributed by atoms with Crippen LogP contribution in [0.4, 0.5) is 0 Å². The largest absolute Gasteiger partial charge is 0.480 e. The Morgan fingerprint density at radius 1 is 1.47 bits per heavy atom. The van der Waals surface area contributed by atoms with Gasteiger partial charge >= 0.3 is 5.97 Å². The smallest absolute Gasteiger partial charge is 0.319 e. The van der Waals surface area contributed by atoms with Gasteiger partial charge in [0.05, 0.1) is 6.04 Å². The zero-order chi connectivity index (χ0) is 14.6. The molecule has 19 heavy (non-hydrogen) atoms. The van der Waals surface area contributed by atoms with Crippen LogP contribution < -0.4 is 5.73 Å². The van der Waals surface area contributed by atoms with Crippen molar-refractivity contribution < 1.29 is 42.6 Å². The van der Waals surface area contributed by atoms with E-state index in [2.05, 4.69) is 6.07 Å². The Labute approximate surface area is 142 Å². The van der Waals surface area contributed by atoms with E-state index in [4.69, 9.17) is 17.4 Å². The molecule has 0 fully saturated rings. The summed E-state index contributed by atoms with van der Waals surface area (Å²) in [7, 11) is 0. The first-order valence-corrected chi connectivity index (χ1v) is 6.18. The molecule has 0 aliphatic rings. The molecule has 0 saturated carbocycles. The fourth-order valence-electron chi connectivity index (χ4n) is 1.14. The van der Waals surface area contributed by atoms with Crippen LogP contribution in [0.25, 0.3) is 6.08 Å². The third-order valence-electron chi connectivity index (χ3n) is 1.90. The Morgan fingerprint density at radius 2 is 2.00 bits per heavy atom. The van der Waals surface area contributed by atoms with E-state index in [0.717, 1.165) is 5.56 Å². The molecule has 0 unspecified atom stereocenters. The fraction of sp³-hybridized carbons (Fsp3) is 0.400. The molecule has 4 heteroatoms. The van der Waals surface area contributed by atoms with Gasteiger partial charge in [-0.2, -0.15) is 12.1 Å². The number of nitrogens with two attached hydrogens (primary N) is 1. The molecule has 0 aromatic heterocycles. The molecule has 3 N–H and O–H groups in total. The van der Waals surface area contributed by atoms with E-state index in [0.29, 0.717) is 5.56 Å². The summed E-state index contributed by atoms with van der Waals surface area (Å²) in [5.74, 6) is -1.02. The molecule has 1 aromatic rings. The summed E-state index contributed by atoms with van der Waals surface area (Å²) in [5, 5.41) is 8.63. The molecule has 0 spiro atoms. The van der Waals surface area contributed by atoms with Crippen LogP contribution in [0.1, 0.15) is 38.8 Å². The molecule has 1 atom stereocenters. The van der Waals surface area contributed by atoms with Gasteiger partial charge in [-0.1, -0.05) is 34.1 Å². The predicted molar refractivity (Wildman–Crippen MR) is 76.1 cm³/mol. The first-order chi connectivity index (χ1) is 8.65. The molecule has 1 rings (SSSR count). The number of carbonyl (C=O) groups is 1. The molecule has 0 bridgehead atoms. The van der Waals surface area contributed by atoms with E-state index in [1.807, 2.05) is 27.7 Å². The van der Waals surface area contributed by atoms with Crippen LogP contribution in [-0.2, 0) is 43.9 Å². The van der Waals surface area contributed by atoms with Gasteiger partial charge in [0, 0.05) is 32.7 Å². The van der Waals surface area contributed by atoms with E-state index in [-0.39, 0.29) is 39.1 Å². The normalized spacial score (nSPS) is 9.53. The minimum absolute atomic E-state index is 0. The van der Waals surface area contributed by atoms with Gasteiger partial charge in [-0.15, -0.1) is 6.07 Å². The third-order valence-corrected chi connectivity index (χ3v) is 1.90. The van der Waals surface area contributed by atoms with Gasteiger partial charge in [-0.25, -0.2) is 11.6 Å². The maximum absolute atomic E-state index is 10.5. The quantitative estimate of drug-likeness (QED) is 0.830. The predicted octanol–water partition coefficient (Wildman–Crippen LogP) is 2.94. The Bertz CT molecular complexity index is 354. The number of hydrogen-bond donors (Lipinski definition) is 2. The SMILES string of the molecule is CC.CC.[CH-]=Cc1[c-]cccc1C[C@@H](N)C(=O)O.[Y]. The Balaban J connectivity index is -0.000000467. The minimum Gasteiger partial charge on any atom is -0.480 e. The minimum atomic E-state index is -1.02. The zero-order valence-corrected chi connectivity index (χ0v) is 15.0. The molecule has 0 aliphatic heterocycles. The second-order valence-corrected chi connectivity index (χ2v) is 2.92. The summed E-state index contributed by atoms with van der Waals surface area (Å²) in [6, 6.07) is 7.28. The molecular formula is C15H23NO2Y-2. The standard InChI is InChI=1S/C11H11NO2.2C2H6.Y/c1-2-8-5-3-4-6-9(8)7-10(12)11(13)14;2*1-2;/h1-4,6,10H,7,12H2,(H,13,14);2*1-2H3;/q-2;;;/t10-;;;/m1.../s1. The molecule has 1 aromatic carbocycles. The van der Waals surface area contributed by atoms with Crippen molar-refractivity contribution in [1.82, 2.24) is 0 Å². The number of hydrogen-bond acceptors (Lipinski definition) is 2. The van der Waals surface area contributed by atoms with E-state index >= 15 is 0 Å². The van der Waals surface area contributed by atoms with Gasteiger partial charge in [0.1, 0.15) is 0 Å². The Morgan fingerprint density at radius 3 is 2.42 bits per heavy atom. The first kappa shape index (κ1) is 23.6. The molecular weight excluding hydrogens is 315 g/mol. The van der Waals surface area contributed by atoms with Crippen LogP contribution in [0.2, 0.25) is 0 Å². The number of rotatable bonds is 4. The van der Waals surface area contributed by atoms with Crippen LogP contribution in [0.15, 0.2) is 18.2 Å². The van der Waals surface area contributed by atoms with E-state index in [9.17, 15) is 4.79 Å². The Hall–Kier alpha value is -0.506. The van der Waals surface area contributed by atoms with E-state index < -0.39 is 12.0 Å². The first-order valence-electron chi connectivity index (χ1n) is 6.18. The maximum atomic E-state index is 10.5. The summed E-state index contributed by atoms with van der Waals surface area (Å²) in [5.41, 5.74) is 6.90. The van der Waals surface area contributed by atoms with Crippen LogP contribution in [-0.4, -0.2) is 17.1 Å². The molecule has 3 nitrogen and oxygen atoms in total. The monoisotopic (exact) mass is 338 g/mol. The number of benzene rings is 1. The van der Waals surface area contributed by atoms with Gasteiger partial charge in [0.2, 0.25) is 0 Å². The third kappa shape index (κ3) is 10.00. The van der Waals surface area contributed by atoms with Gasteiger partial charge < -0.3 is 29.1 Å². The molecule has 0 amide bonds. The van der Waals surface area contributed by atoms with Crippen LogP contribution >= 0.6 is 0 Å². The van der Waals surface area contributed by atoms with Gasteiger partial charge in [0.25, 0.3) is 0 Å². The van der Waals surface area contributed by atoms with Crippen molar-refractivity contribution in [3.63, 3.8) is 0 Å². The summed E-state index contributed by atoms with van der Waals surface area (Å²) >= 11 is 0. The number of aliphatic carboxylic acids is 1. The van der Waals surface area contributed by atoms with Crippen LogP contribution in [0.5, 0.6) is 0 Å². The Kier molecular flexibility index (Phi) is 19.3. The average Bonchev–Trinajstić information content (AvgIpc) is 2.43. The van der Waals surface area contributed by atoms with Crippen molar-refractivity contribution in [2.24, 2.45) is 5.73 Å². The summed E-state index contributed by atoms with van der Waals surface area (Å²) in [4.78, 5) is 10.5. The van der Waals surface area contributed by atoms with Crippen molar-refractivity contribution in [2.45, 2.75) is 40.2 Å². The maximum Gasteiger partial charge on any atom is 0.319 e. The molecule has 0 heterocycles. The summed E-state index contributed by atoms with van der Waals surface area (Å²) in [6.45, 7) is 13.4. The van der Waals surface area contributed by atoms with Gasteiger partial charge in [0.15, 0.2) is 0 Å². The van der Waals surface area contributed by atoms with Crippen molar-refractivity contribution in [3.8, 4) is 0 Å². The summed E-state index contributed by atoms with van der Waals surface area (Å²) in [6.07, 6.45) is 1.65. The van der Waals surface area contributed by atoms with Crippen molar-refractivity contribution in [3.05, 3.63) is 42.0 Å². The summed E-state index contributed by atoms with van der Waals surface area (Å²) < 4.78 is 0. The van der Waals surface area contributed by atoms with Gasteiger partial charge in [-0.3, -0.25) is 4.79 Å². The topological polar surface area (TPSA) is 63.3 Å². The molecule has 1 radical (unpaired) electrons. The van der Waals surface area contributed by atoms with Crippen molar-refractivity contribution in [1.29, 1.82) is 0 Å². The fourth-order valence-corrected chi connectivity index (χ4v) is 1.14. The van der Waals surface area contributed by atoms with Crippen LogP contribution in [0.3, 0.4) is 0 Å².